The van der Waals surface area contributed by atoms with Crippen LogP contribution in [0.1, 0.15) is 39.0 Å². The lowest BCUT2D eigenvalue weighted by atomic mass is 9.97. The van der Waals surface area contributed by atoms with Crippen molar-refractivity contribution in [2.75, 3.05) is 33.3 Å². The molecule has 4 nitrogen and oxygen atoms in total. The van der Waals surface area contributed by atoms with Crippen LogP contribution in [0.4, 0.5) is 0 Å². The minimum Gasteiger partial charge on any atom is -0.394 e. The van der Waals surface area contributed by atoms with E-state index < -0.39 is 0 Å². The first kappa shape index (κ1) is 13.8. The molecule has 4 heteroatoms. The molecule has 110 valence electrons. The van der Waals surface area contributed by atoms with Crippen LogP contribution in [0, 0.1) is 0 Å². The second-order valence-electron chi connectivity index (χ2n) is 7.08. The minimum absolute atomic E-state index is 0.0262. The Morgan fingerprint density at radius 3 is 2.68 bits per heavy atom. The molecule has 3 atom stereocenters. The van der Waals surface area contributed by atoms with Gasteiger partial charge in [-0.1, -0.05) is 0 Å². The normalized spacial score (nSPS) is 41.8. The molecule has 3 fully saturated rings. The zero-order valence-corrected chi connectivity index (χ0v) is 12.4. The van der Waals surface area contributed by atoms with E-state index in [1.807, 2.05) is 0 Å². The first-order valence-electron chi connectivity index (χ1n) is 7.95. The van der Waals surface area contributed by atoms with Gasteiger partial charge in [-0.05, 0) is 46.1 Å². The van der Waals surface area contributed by atoms with Gasteiger partial charge in [-0.25, -0.2) is 0 Å². The van der Waals surface area contributed by atoms with Crippen LogP contribution in [-0.4, -0.2) is 71.9 Å². The lowest BCUT2D eigenvalue weighted by molar-refractivity contribution is 0.0668. The SMILES string of the molecule is CC1CN(C2CCC(CO)(NC3CC3)C2)CCN1C. The fourth-order valence-corrected chi connectivity index (χ4v) is 3.80. The van der Waals surface area contributed by atoms with Gasteiger partial charge in [0, 0.05) is 43.3 Å². The highest BCUT2D eigenvalue weighted by atomic mass is 16.3. The third-order valence-electron chi connectivity index (χ3n) is 5.48. The summed E-state index contributed by atoms with van der Waals surface area (Å²) in [6.07, 6.45) is 6.13. The Labute approximate surface area is 117 Å². The fourth-order valence-electron chi connectivity index (χ4n) is 3.80. The summed E-state index contributed by atoms with van der Waals surface area (Å²) >= 11 is 0. The summed E-state index contributed by atoms with van der Waals surface area (Å²) in [6.45, 7) is 6.19. The number of aliphatic hydroxyl groups is 1. The fraction of sp³-hybridized carbons (Fsp3) is 1.00. The first-order chi connectivity index (χ1) is 9.12. The molecule has 0 aromatic carbocycles. The van der Waals surface area contributed by atoms with Crippen LogP contribution in [0.3, 0.4) is 0 Å². The molecule has 2 aliphatic carbocycles. The number of piperazine rings is 1. The molecule has 1 saturated heterocycles. The van der Waals surface area contributed by atoms with Crippen LogP contribution in [-0.2, 0) is 0 Å². The van der Waals surface area contributed by atoms with Crippen LogP contribution in [0.5, 0.6) is 0 Å². The number of rotatable bonds is 4. The maximum absolute atomic E-state index is 9.81. The number of likely N-dealkylation sites (N-methyl/N-ethyl adjacent to an activating group) is 1. The summed E-state index contributed by atoms with van der Waals surface area (Å²) in [7, 11) is 2.23. The van der Waals surface area contributed by atoms with Gasteiger partial charge in [0.05, 0.1) is 6.61 Å². The van der Waals surface area contributed by atoms with Crippen molar-refractivity contribution in [2.45, 2.75) is 62.7 Å². The van der Waals surface area contributed by atoms with E-state index in [0.29, 0.717) is 24.7 Å². The van der Waals surface area contributed by atoms with Gasteiger partial charge in [0.2, 0.25) is 0 Å². The monoisotopic (exact) mass is 267 g/mol. The van der Waals surface area contributed by atoms with Crippen LogP contribution < -0.4 is 5.32 Å². The molecule has 3 aliphatic rings. The summed E-state index contributed by atoms with van der Waals surface area (Å²) in [4.78, 5) is 5.11. The highest BCUT2D eigenvalue weighted by molar-refractivity contribution is 5.03. The third kappa shape index (κ3) is 2.97. The molecule has 2 saturated carbocycles. The average Bonchev–Trinajstić information content (AvgIpc) is 3.11. The molecule has 1 aliphatic heterocycles. The van der Waals surface area contributed by atoms with E-state index in [4.69, 9.17) is 0 Å². The highest BCUT2D eigenvalue weighted by Gasteiger charge is 2.44. The Morgan fingerprint density at radius 1 is 1.26 bits per heavy atom. The van der Waals surface area contributed by atoms with E-state index in [-0.39, 0.29) is 5.54 Å². The molecule has 0 amide bonds. The van der Waals surface area contributed by atoms with Crippen molar-refractivity contribution in [3.8, 4) is 0 Å². The predicted molar refractivity (Wildman–Crippen MR) is 77.3 cm³/mol. The molecule has 19 heavy (non-hydrogen) atoms. The molecule has 0 radical (unpaired) electrons. The number of hydrogen-bond donors (Lipinski definition) is 2. The number of aliphatic hydroxyl groups excluding tert-OH is 1. The average molecular weight is 267 g/mol. The van der Waals surface area contributed by atoms with E-state index in [2.05, 4.69) is 29.1 Å². The van der Waals surface area contributed by atoms with Gasteiger partial charge in [0.25, 0.3) is 0 Å². The molecule has 3 rings (SSSR count). The van der Waals surface area contributed by atoms with Gasteiger partial charge in [0.1, 0.15) is 0 Å². The zero-order valence-electron chi connectivity index (χ0n) is 12.4. The third-order valence-corrected chi connectivity index (χ3v) is 5.48. The van der Waals surface area contributed by atoms with Crippen molar-refractivity contribution in [3.63, 3.8) is 0 Å². The van der Waals surface area contributed by atoms with Crippen LogP contribution >= 0.6 is 0 Å². The maximum atomic E-state index is 9.81. The van der Waals surface area contributed by atoms with E-state index in [9.17, 15) is 5.11 Å². The van der Waals surface area contributed by atoms with Crippen molar-refractivity contribution >= 4 is 0 Å². The molecule has 0 bridgehead atoms. The first-order valence-corrected chi connectivity index (χ1v) is 7.95. The molecule has 3 unspecified atom stereocenters. The summed E-state index contributed by atoms with van der Waals surface area (Å²) < 4.78 is 0. The van der Waals surface area contributed by atoms with Gasteiger partial charge >= 0.3 is 0 Å². The van der Waals surface area contributed by atoms with Crippen molar-refractivity contribution in [1.29, 1.82) is 0 Å². The van der Waals surface area contributed by atoms with E-state index >= 15 is 0 Å². The minimum atomic E-state index is 0.0262. The molecule has 2 N–H and O–H groups in total. The zero-order chi connectivity index (χ0) is 13.5. The lowest BCUT2D eigenvalue weighted by Gasteiger charge is -2.41. The van der Waals surface area contributed by atoms with Gasteiger partial charge in [-0.2, -0.15) is 0 Å². The standard InChI is InChI=1S/C15H29N3O/c1-12-10-18(8-7-17(12)2)14-5-6-15(9-14,11-19)16-13-3-4-13/h12-14,16,19H,3-11H2,1-2H3. The molecule has 0 aromatic heterocycles. The number of hydrogen-bond acceptors (Lipinski definition) is 4. The Bertz CT molecular complexity index is 321. The molecule has 1 heterocycles. The number of nitrogens with zero attached hydrogens (tertiary/aromatic N) is 2. The van der Waals surface area contributed by atoms with Crippen molar-refractivity contribution < 1.29 is 5.11 Å². The molecular formula is C15H29N3O. The Kier molecular flexibility index (Phi) is 3.87. The van der Waals surface area contributed by atoms with Gasteiger partial charge in [-0.15, -0.1) is 0 Å². The van der Waals surface area contributed by atoms with E-state index in [0.717, 1.165) is 12.8 Å². The summed E-state index contributed by atoms with van der Waals surface area (Å²) in [5.41, 5.74) is 0.0262. The van der Waals surface area contributed by atoms with Gasteiger partial charge in [-0.3, -0.25) is 4.90 Å². The van der Waals surface area contributed by atoms with Crippen molar-refractivity contribution in [1.82, 2.24) is 15.1 Å². The summed E-state index contributed by atoms with van der Waals surface area (Å²) in [6, 6.07) is 2.03. The second kappa shape index (κ2) is 5.32. The Morgan fingerprint density at radius 2 is 2.05 bits per heavy atom. The summed E-state index contributed by atoms with van der Waals surface area (Å²) in [5.74, 6) is 0. The largest absolute Gasteiger partial charge is 0.394 e. The maximum Gasteiger partial charge on any atom is 0.0614 e. The van der Waals surface area contributed by atoms with Crippen LogP contribution in [0.15, 0.2) is 0 Å². The predicted octanol–water partition coefficient (Wildman–Crippen LogP) is 0.658. The number of nitrogens with one attached hydrogen (secondary N) is 1. The quantitative estimate of drug-likeness (QED) is 0.785. The van der Waals surface area contributed by atoms with E-state index in [1.54, 1.807) is 0 Å². The second-order valence-corrected chi connectivity index (χ2v) is 7.08. The van der Waals surface area contributed by atoms with E-state index in [1.165, 1.54) is 38.9 Å². The summed E-state index contributed by atoms with van der Waals surface area (Å²) in [5, 5.41) is 13.5. The molecule has 0 aromatic rings. The lowest BCUT2D eigenvalue weighted by Crippen LogP contribution is -2.54. The van der Waals surface area contributed by atoms with Crippen molar-refractivity contribution in [2.24, 2.45) is 0 Å². The highest BCUT2D eigenvalue weighted by Crippen LogP contribution is 2.36. The van der Waals surface area contributed by atoms with Gasteiger partial charge in [0.15, 0.2) is 0 Å². The topological polar surface area (TPSA) is 38.7 Å². The van der Waals surface area contributed by atoms with Crippen LogP contribution in [0.2, 0.25) is 0 Å². The molecule has 0 spiro atoms. The molecular weight excluding hydrogens is 238 g/mol. The van der Waals surface area contributed by atoms with Crippen molar-refractivity contribution in [3.05, 3.63) is 0 Å². The van der Waals surface area contributed by atoms with Crippen LogP contribution in [0.25, 0.3) is 0 Å². The Balaban J connectivity index is 1.58. The Hall–Kier alpha value is -0.160. The smallest absolute Gasteiger partial charge is 0.0614 e. The van der Waals surface area contributed by atoms with Gasteiger partial charge < -0.3 is 15.3 Å².